The van der Waals surface area contributed by atoms with Gasteiger partial charge in [-0.05, 0) is 91.2 Å². The van der Waals surface area contributed by atoms with Crippen molar-refractivity contribution in [3.05, 3.63) is 12.2 Å². The summed E-state index contributed by atoms with van der Waals surface area (Å²) in [5.41, 5.74) is -0.273. The normalized spacial score (nSPS) is 40.3. The number of ketones is 3. The first-order chi connectivity index (χ1) is 22.0. The van der Waals surface area contributed by atoms with Crippen LogP contribution in [-0.4, -0.2) is 66.5 Å². The molecule has 0 aromatic rings. The van der Waals surface area contributed by atoms with Crippen molar-refractivity contribution in [2.24, 2.45) is 63.1 Å². The average molecular weight is 654 g/mol. The second-order valence-corrected chi connectivity index (χ2v) is 16.6. The van der Waals surface area contributed by atoms with Gasteiger partial charge < -0.3 is 14.4 Å². The molecule has 4 fully saturated rings. The molecule has 0 saturated heterocycles. The Labute approximate surface area is 282 Å². The zero-order chi connectivity index (χ0) is 34.7. The Morgan fingerprint density at radius 1 is 1.00 bits per heavy atom. The lowest BCUT2D eigenvalue weighted by Crippen LogP contribution is -2.55. The molecule has 1 unspecified atom stereocenters. The average Bonchev–Trinajstić information content (AvgIpc) is 3.64. The molecule has 0 aliphatic heterocycles. The Kier molecular flexibility index (Phi) is 9.82. The monoisotopic (exact) mass is 653 g/mol. The summed E-state index contributed by atoms with van der Waals surface area (Å²) >= 11 is 0. The Balaban J connectivity index is 1.32. The van der Waals surface area contributed by atoms with E-state index in [4.69, 9.17) is 9.47 Å². The van der Waals surface area contributed by atoms with Crippen molar-refractivity contribution in [2.45, 2.75) is 113 Å². The number of allylic oxidation sites excluding steroid dienone is 2. The largest absolute Gasteiger partial charge is 0.465 e. The molecule has 4 saturated carbocycles. The molecule has 0 radical (unpaired) electrons. The van der Waals surface area contributed by atoms with Gasteiger partial charge in [-0.15, -0.1) is 0 Å². The molecule has 8 nitrogen and oxygen atoms in total. The number of esters is 2. The van der Waals surface area contributed by atoms with Gasteiger partial charge in [0.15, 0.2) is 5.78 Å². The van der Waals surface area contributed by atoms with Crippen LogP contribution in [0.1, 0.15) is 107 Å². The first-order valence-corrected chi connectivity index (χ1v) is 18.4. The summed E-state index contributed by atoms with van der Waals surface area (Å²) in [7, 11) is 0. The first kappa shape index (κ1) is 35.9. The summed E-state index contributed by atoms with van der Waals surface area (Å²) in [6.45, 7) is 20.2. The first-order valence-electron chi connectivity index (χ1n) is 18.4. The molecule has 0 aromatic carbocycles. The molecule has 0 bridgehead atoms. The van der Waals surface area contributed by atoms with Gasteiger partial charge in [-0.1, -0.05) is 61.5 Å². The van der Waals surface area contributed by atoms with Crippen molar-refractivity contribution >= 4 is 29.3 Å². The molecule has 0 aromatic heterocycles. The maximum absolute atomic E-state index is 14.1. The minimum absolute atomic E-state index is 0.0515. The van der Waals surface area contributed by atoms with Gasteiger partial charge in [-0.3, -0.25) is 24.0 Å². The molecule has 5 aliphatic rings. The minimum Gasteiger partial charge on any atom is -0.465 e. The molecule has 0 amide bonds. The van der Waals surface area contributed by atoms with E-state index in [0.29, 0.717) is 31.2 Å². The lowest BCUT2D eigenvalue weighted by atomic mass is 9.43. The van der Waals surface area contributed by atoms with Gasteiger partial charge in [0.2, 0.25) is 11.6 Å². The van der Waals surface area contributed by atoms with Gasteiger partial charge in [-0.25, -0.2) is 0 Å². The van der Waals surface area contributed by atoms with E-state index in [1.165, 1.54) is 6.92 Å². The van der Waals surface area contributed by atoms with Crippen LogP contribution in [0, 0.1) is 63.1 Å². The molecular formula is C39H59NO7. The third-order valence-corrected chi connectivity index (χ3v) is 14.8. The summed E-state index contributed by atoms with van der Waals surface area (Å²) < 4.78 is 11.6. The Morgan fingerprint density at radius 3 is 2.32 bits per heavy atom. The number of carbonyl (C=O) groups is 5. The van der Waals surface area contributed by atoms with Crippen molar-refractivity contribution in [1.29, 1.82) is 0 Å². The van der Waals surface area contributed by atoms with Gasteiger partial charge >= 0.3 is 11.9 Å². The van der Waals surface area contributed by atoms with E-state index >= 15 is 0 Å². The van der Waals surface area contributed by atoms with E-state index in [9.17, 15) is 24.0 Å². The van der Waals surface area contributed by atoms with Gasteiger partial charge in [0.1, 0.15) is 6.10 Å². The SMILES string of the molecule is CCN(CC)CCC(=O)OC[C@H](C)C(C)C(=O)C(=O)[C@@H](C)[C@H]1[C@@H](OC(C)=O)C[C@@]2(C)[C@@H]3CC[C@H]4[C@H](C)C(=O)C=C[C@@]45C[C@@]35CC[C@]12C. The summed E-state index contributed by atoms with van der Waals surface area (Å²) in [6, 6.07) is 0. The summed E-state index contributed by atoms with van der Waals surface area (Å²) in [5, 5.41) is 0. The van der Waals surface area contributed by atoms with Gasteiger partial charge in [0, 0.05) is 43.1 Å². The summed E-state index contributed by atoms with van der Waals surface area (Å²) in [6.07, 6.45) is 9.71. The minimum atomic E-state index is -0.615. The van der Waals surface area contributed by atoms with E-state index in [1.54, 1.807) is 6.92 Å². The number of hydrogen-bond acceptors (Lipinski definition) is 8. The highest BCUT2D eigenvalue weighted by molar-refractivity contribution is 6.38. The predicted octanol–water partition coefficient (Wildman–Crippen LogP) is 6.24. The van der Waals surface area contributed by atoms with Crippen LogP contribution >= 0.6 is 0 Å². The van der Waals surface area contributed by atoms with Crippen LogP contribution in [0.15, 0.2) is 12.2 Å². The zero-order valence-electron chi connectivity index (χ0n) is 30.4. The van der Waals surface area contributed by atoms with Crippen LogP contribution in [0.3, 0.4) is 0 Å². The molecule has 262 valence electrons. The molecule has 5 rings (SSSR count). The summed E-state index contributed by atoms with van der Waals surface area (Å²) in [4.78, 5) is 67.5. The highest BCUT2D eigenvalue weighted by atomic mass is 16.5. The van der Waals surface area contributed by atoms with Gasteiger partial charge in [0.25, 0.3) is 0 Å². The molecule has 8 heteroatoms. The van der Waals surface area contributed by atoms with Crippen LogP contribution in [0.2, 0.25) is 0 Å². The fourth-order valence-electron chi connectivity index (χ4n) is 11.7. The maximum Gasteiger partial charge on any atom is 0.307 e. The Bertz CT molecular complexity index is 1320. The van der Waals surface area contributed by atoms with Crippen molar-refractivity contribution < 1.29 is 33.4 Å². The predicted molar refractivity (Wildman–Crippen MR) is 179 cm³/mol. The standard InChI is InChI=1S/C39H59NO7/c1-10-40(11-2)19-15-32(43)46-21-23(3)24(4)34(44)35(45)26(6)33-30(47-27(7)41)20-37(9)31-13-12-28-25(5)29(42)14-16-38(28)22-39(31,38)18-17-36(33,37)8/h14,16,23-26,28,30-31,33H,10-13,15,17-22H2,1-9H3/t23-,24?,25-,26-,28-,30-,31-,33-,36+,37-,38+,39-/m0/s1. The molecule has 0 N–H and O–H groups in total. The third kappa shape index (κ3) is 5.56. The fraction of sp³-hybridized carbons (Fsp3) is 0.821. The van der Waals surface area contributed by atoms with Gasteiger partial charge in [-0.2, -0.15) is 0 Å². The number of hydrogen-bond donors (Lipinski definition) is 0. The van der Waals surface area contributed by atoms with Crippen LogP contribution in [0.4, 0.5) is 0 Å². The molecule has 5 aliphatic carbocycles. The highest BCUT2D eigenvalue weighted by Gasteiger charge is 2.81. The van der Waals surface area contributed by atoms with Crippen molar-refractivity contribution in [2.75, 3.05) is 26.2 Å². The van der Waals surface area contributed by atoms with Crippen molar-refractivity contribution in [3.63, 3.8) is 0 Å². The zero-order valence-corrected chi connectivity index (χ0v) is 30.4. The number of nitrogens with zero attached hydrogens (tertiary/aromatic N) is 1. The number of ether oxygens (including phenoxy) is 2. The van der Waals surface area contributed by atoms with E-state index < -0.39 is 29.5 Å². The third-order valence-electron chi connectivity index (χ3n) is 14.8. The quantitative estimate of drug-likeness (QED) is 0.170. The number of rotatable bonds is 13. The highest BCUT2D eigenvalue weighted by Crippen LogP contribution is 2.87. The second-order valence-electron chi connectivity index (χ2n) is 16.6. The number of fused-ring (bicyclic) bond motifs is 2. The lowest BCUT2D eigenvalue weighted by Gasteiger charge is -2.60. The smallest absolute Gasteiger partial charge is 0.307 e. The second kappa shape index (κ2) is 12.8. The van der Waals surface area contributed by atoms with Crippen LogP contribution < -0.4 is 0 Å². The molecular weight excluding hydrogens is 594 g/mol. The van der Waals surface area contributed by atoms with E-state index in [1.807, 2.05) is 19.9 Å². The van der Waals surface area contributed by atoms with Crippen LogP contribution in [0.25, 0.3) is 0 Å². The molecule has 47 heavy (non-hydrogen) atoms. The fourth-order valence-corrected chi connectivity index (χ4v) is 11.7. The van der Waals surface area contributed by atoms with Crippen LogP contribution in [-0.2, 0) is 33.4 Å². The van der Waals surface area contributed by atoms with Crippen molar-refractivity contribution in [1.82, 2.24) is 4.90 Å². The lowest BCUT2D eigenvalue weighted by molar-refractivity contribution is -0.156. The Hall–Kier alpha value is -2.35. The van der Waals surface area contributed by atoms with E-state index in [2.05, 4.69) is 45.6 Å². The molecule has 0 heterocycles. The molecule has 12 atom stereocenters. The van der Waals surface area contributed by atoms with E-state index in [0.717, 1.165) is 45.2 Å². The maximum atomic E-state index is 14.1. The molecule has 2 spiro atoms. The number of Topliss-reactive ketones (excluding diaryl/α,β-unsaturated/α-hetero) is 2. The van der Waals surface area contributed by atoms with Crippen molar-refractivity contribution in [3.8, 4) is 0 Å². The van der Waals surface area contributed by atoms with E-state index in [-0.39, 0.29) is 63.7 Å². The van der Waals surface area contributed by atoms with Gasteiger partial charge in [0.05, 0.1) is 13.0 Å². The number of carbonyl (C=O) groups excluding carboxylic acids is 5. The summed E-state index contributed by atoms with van der Waals surface area (Å²) in [5.74, 6) is -2.24. The topological polar surface area (TPSA) is 107 Å². The van der Waals surface area contributed by atoms with Crippen LogP contribution in [0.5, 0.6) is 0 Å². The Morgan fingerprint density at radius 2 is 1.68 bits per heavy atom.